The molecule has 0 saturated carbocycles. The molecule has 8 heteroatoms. The van der Waals surface area contributed by atoms with Gasteiger partial charge in [-0.05, 0) is 48.2 Å². The number of nitrogens with two attached hydrogens (primary N) is 1. The average molecular weight is 452 g/mol. The van der Waals surface area contributed by atoms with Gasteiger partial charge in [-0.3, -0.25) is 9.69 Å². The van der Waals surface area contributed by atoms with Crippen molar-refractivity contribution in [1.82, 2.24) is 19.8 Å². The Morgan fingerprint density at radius 2 is 2.00 bits per heavy atom. The Morgan fingerprint density at radius 3 is 2.87 bits per heavy atom. The maximum atomic E-state index is 13.1. The monoisotopic (exact) mass is 451 g/mol. The number of carbonyl (C=O) groups is 1. The van der Waals surface area contributed by atoms with Crippen LogP contribution < -0.4 is 5.73 Å². The predicted molar refractivity (Wildman–Crippen MR) is 126 cm³/mol. The molecule has 1 saturated heterocycles. The number of thiophene rings is 1. The second kappa shape index (κ2) is 8.07. The zero-order chi connectivity index (χ0) is 21.5. The Labute approximate surface area is 189 Å². The standard InChI is InChI=1S/C23H22ClN5OS/c1-14-23(30)29(11-15-2-5-19-20(8-15)26-13-27-22(19)25)7-6-28(14)12-18-9-16-3-4-17(24)10-21(16)31-18/h2-5,8-10,13-14H,6-7,11-12H2,1H3,(H2,25,26,27). The highest BCUT2D eigenvalue weighted by Gasteiger charge is 2.31. The van der Waals surface area contributed by atoms with E-state index in [-0.39, 0.29) is 11.9 Å². The molecule has 2 aromatic carbocycles. The molecule has 1 aliphatic heterocycles. The number of nitrogen functional groups attached to an aromatic ring is 1. The summed E-state index contributed by atoms with van der Waals surface area (Å²) in [5, 5.41) is 2.78. The van der Waals surface area contributed by atoms with Crippen LogP contribution in [-0.2, 0) is 17.9 Å². The van der Waals surface area contributed by atoms with E-state index in [0.29, 0.717) is 18.9 Å². The first-order valence-electron chi connectivity index (χ1n) is 10.2. The minimum atomic E-state index is -0.166. The first-order valence-corrected chi connectivity index (χ1v) is 11.4. The minimum absolute atomic E-state index is 0.151. The maximum Gasteiger partial charge on any atom is 0.239 e. The topological polar surface area (TPSA) is 75.3 Å². The molecule has 1 amide bonds. The number of benzene rings is 2. The molecule has 1 unspecified atom stereocenters. The van der Waals surface area contributed by atoms with Crippen LogP contribution in [0.2, 0.25) is 5.02 Å². The smallest absolute Gasteiger partial charge is 0.239 e. The average Bonchev–Trinajstić information content (AvgIpc) is 3.15. The lowest BCUT2D eigenvalue weighted by molar-refractivity contribution is -0.142. The summed E-state index contributed by atoms with van der Waals surface area (Å²) in [6, 6.07) is 13.9. The van der Waals surface area contributed by atoms with E-state index in [9.17, 15) is 4.79 Å². The van der Waals surface area contributed by atoms with Crippen LogP contribution in [0.4, 0.5) is 5.82 Å². The Balaban J connectivity index is 1.28. The fourth-order valence-electron chi connectivity index (χ4n) is 4.13. The molecule has 0 bridgehead atoms. The summed E-state index contributed by atoms with van der Waals surface area (Å²) in [7, 11) is 0. The second-order valence-electron chi connectivity index (χ2n) is 7.91. The third kappa shape index (κ3) is 3.96. The molecule has 1 atom stereocenters. The molecule has 1 aliphatic rings. The molecule has 0 radical (unpaired) electrons. The van der Waals surface area contributed by atoms with Crippen LogP contribution in [0, 0.1) is 0 Å². The van der Waals surface area contributed by atoms with E-state index in [1.165, 1.54) is 21.3 Å². The third-order valence-corrected chi connectivity index (χ3v) is 7.19. The molecule has 31 heavy (non-hydrogen) atoms. The molecular weight excluding hydrogens is 430 g/mol. The number of amides is 1. The van der Waals surface area contributed by atoms with Gasteiger partial charge in [0.1, 0.15) is 12.1 Å². The molecule has 1 fully saturated rings. The number of aromatic nitrogens is 2. The molecule has 6 nitrogen and oxygen atoms in total. The molecule has 0 aliphatic carbocycles. The van der Waals surface area contributed by atoms with E-state index in [2.05, 4.69) is 20.9 Å². The van der Waals surface area contributed by atoms with E-state index in [1.54, 1.807) is 11.3 Å². The number of rotatable bonds is 4. The number of hydrogen-bond acceptors (Lipinski definition) is 6. The van der Waals surface area contributed by atoms with Gasteiger partial charge in [-0.2, -0.15) is 0 Å². The highest BCUT2D eigenvalue weighted by molar-refractivity contribution is 7.19. The zero-order valence-corrected chi connectivity index (χ0v) is 18.7. The van der Waals surface area contributed by atoms with E-state index in [4.69, 9.17) is 17.3 Å². The van der Waals surface area contributed by atoms with E-state index in [0.717, 1.165) is 34.6 Å². The number of piperazine rings is 1. The van der Waals surface area contributed by atoms with Gasteiger partial charge in [0.25, 0.3) is 0 Å². The van der Waals surface area contributed by atoms with Gasteiger partial charge in [-0.25, -0.2) is 9.97 Å². The summed E-state index contributed by atoms with van der Waals surface area (Å²) in [4.78, 5) is 26.8. The van der Waals surface area contributed by atoms with Crippen molar-refractivity contribution in [1.29, 1.82) is 0 Å². The quantitative estimate of drug-likeness (QED) is 0.500. The van der Waals surface area contributed by atoms with Crippen LogP contribution in [0.5, 0.6) is 0 Å². The number of halogens is 1. The lowest BCUT2D eigenvalue weighted by atomic mass is 10.1. The lowest BCUT2D eigenvalue weighted by Crippen LogP contribution is -2.54. The van der Waals surface area contributed by atoms with Gasteiger partial charge in [-0.1, -0.05) is 23.7 Å². The number of anilines is 1. The number of carbonyl (C=O) groups excluding carboxylic acids is 1. The Hall–Kier alpha value is -2.74. The molecule has 3 heterocycles. The number of hydrogen-bond donors (Lipinski definition) is 1. The summed E-state index contributed by atoms with van der Waals surface area (Å²) in [6.07, 6.45) is 1.47. The van der Waals surface area contributed by atoms with Gasteiger partial charge in [0.05, 0.1) is 11.6 Å². The molecule has 4 aromatic rings. The Kier molecular flexibility index (Phi) is 5.25. The van der Waals surface area contributed by atoms with Gasteiger partial charge in [-0.15, -0.1) is 11.3 Å². The summed E-state index contributed by atoms with van der Waals surface area (Å²) in [5.74, 6) is 0.621. The Bertz CT molecular complexity index is 1290. The third-order valence-electron chi connectivity index (χ3n) is 5.87. The minimum Gasteiger partial charge on any atom is -0.383 e. The Morgan fingerprint density at radius 1 is 1.13 bits per heavy atom. The fourth-order valence-corrected chi connectivity index (χ4v) is 5.49. The van der Waals surface area contributed by atoms with E-state index in [1.807, 2.05) is 48.2 Å². The van der Waals surface area contributed by atoms with Crippen molar-refractivity contribution in [2.45, 2.75) is 26.1 Å². The van der Waals surface area contributed by atoms with Crippen molar-refractivity contribution < 1.29 is 4.79 Å². The van der Waals surface area contributed by atoms with Crippen molar-refractivity contribution in [3.8, 4) is 0 Å². The normalized spacial score (nSPS) is 17.7. The van der Waals surface area contributed by atoms with Crippen LogP contribution in [0.25, 0.3) is 21.0 Å². The van der Waals surface area contributed by atoms with Gasteiger partial charge in [0.2, 0.25) is 5.91 Å². The van der Waals surface area contributed by atoms with Gasteiger partial charge >= 0.3 is 0 Å². The van der Waals surface area contributed by atoms with Gasteiger partial charge in [0.15, 0.2) is 0 Å². The number of fused-ring (bicyclic) bond motifs is 2. The van der Waals surface area contributed by atoms with Crippen LogP contribution in [-0.4, -0.2) is 44.8 Å². The largest absolute Gasteiger partial charge is 0.383 e. The van der Waals surface area contributed by atoms with Gasteiger partial charge < -0.3 is 10.6 Å². The maximum absolute atomic E-state index is 13.1. The van der Waals surface area contributed by atoms with Crippen molar-refractivity contribution in [3.63, 3.8) is 0 Å². The first kappa shape index (κ1) is 20.2. The molecule has 5 rings (SSSR count). The zero-order valence-electron chi connectivity index (χ0n) is 17.1. The van der Waals surface area contributed by atoms with Gasteiger partial charge in [0, 0.05) is 46.2 Å². The first-order chi connectivity index (χ1) is 15.0. The highest BCUT2D eigenvalue weighted by Crippen LogP contribution is 2.30. The number of nitrogens with zero attached hydrogens (tertiary/aromatic N) is 4. The summed E-state index contributed by atoms with van der Waals surface area (Å²) >= 11 is 7.86. The molecule has 0 spiro atoms. The molecule has 158 valence electrons. The van der Waals surface area contributed by atoms with Crippen molar-refractivity contribution in [2.24, 2.45) is 0 Å². The van der Waals surface area contributed by atoms with Crippen LogP contribution in [0.3, 0.4) is 0 Å². The van der Waals surface area contributed by atoms with Crippen LogP contribution in [0.15, 0.2) is 48.8 Å². The summed E-state index contributed by atoms with van der Waals surface area (Å²) in [6.45, 7) is 4.86. The van der Waals surface area contributed by atoms with Crippen molar-refractivity contribution >= 4 is 55.7 Å². The summed E-state index contributed by atoms with van der Waals surface area (Å²) < 4.78 is 1.18. The highest BCUT2D eigenvalue weighted by atomic mass is 35.5. The van der Waals surface area contributed by atoms with E-state index >= 15 is 0 Å². The fraction of sp³-hybridized carbons (Fsp3) is 0.261. The molecule has 2 aromatic heterocycles. The lowest BCUT2D eigenvalue weighted by Gasteiger charge is -2.39. The van der Waals surface area contributed by atoms with Crippen LogP contribution in [0.1, 0.15) is 17.4 Å². The summed E-state index contributed by atoms with van der Waals surface area (Å²) in [5.41, 5.74) is 7.76. The predicted octanol–water partition coefficient (Wildman–Crippen LogP) is 4.31. The van der Waals surface area contributed by atoms with E-state index < -0.39 is 0 Å². The van der Waals surface area contributed by atoms with Crippen molar-refractivity contribution in [2.75, 3.05) is 18.8 Å². The van der Waals surface area contributed by atoms with Crippen LogP contribution >= 0.6 is 22.9 Å². The molecular formula is C23H22ClN5OS. The van der Waals surface area contributed by atoms with Crippen molar-refractivity contribution in [3.05, 3.63) is 64.3 Å². The second-order valence-corrected chi connectivity index (χ2v) is 9.52. The molecule has 2 N–H and O–H groups in total. The SMILES string of the molecule is CC1C(=O)N(Cc2ccc3c(N)ncnc3c2)CCN1Cc1cc2ccc(Cl)cc2s1.